The number of β-amino-alcohol motifs (C(OH)–C–C–N with tert-alkyl or cyclic N) is 1. The van der Waals surface area contributed by atoms with Crippen LogP contribution in [0.5, 0.6) is 0 Å². The Morgan fingerprint density at radius 2 is 1.67 bits per heavy atom. The maximum Gasteiger partial charge on any atom is 0.221 e. The van der Waals surface area contributed by atoms with E-state index in [1.807, 2.05) is 36.4 Å². The monoisotopic (exact) mass is 407 g/mol. The van der Waals surface area contributed by atoms with E-state index in [0.717, 1.165) is 37.4 Å². The summed E-state index contributed by atoms with van der Waals surface area (Å²) in [5, 5.41) is 13.2. The second-order valence-corrected chi connectivity index (χ2v) is 8.26. The number of carbonyl (C=O) groups is 1. The zero-order chi connectivity index (χ0) is 21.5. The molecular weight excluding hydrogens is 374 g/mol. The Morgan fingerprint density at radius 3 is 2.23 bits per heavy atom. The van der Waals surface area contributed by atoms with Gasteiger partial charge in [-0.05, 0) is 41.3 Å². The van der Waals surface area contributed by atoms with Crippen molar-refractivity contribution in [2.24, 2.45) is 0 Å². The van der Waals surface area contributed by atoms with Crippen LogP contribution >= 0.6 is 0 Å². The van der Waals surface area contributed by atoms with Crippen LogP contribution in [-0.2, 0) is 4.79 Å². The van der Waals surface area contributed by atoms with Crippen LogP contribution < -0.4 is 10.2 Å². The van der Waals surface area contributed by atoms with E-state index in [9.17, 15) is 9.90 Å². The van der Waals surface area contributed by atoms with Crippen molar-refractivity contribution < 1.29 is 9.90 Å². The topological polar surface area (TPSA) is 55.8 Å². The number of aliphatic hydroxyl groups is 1. The molecule has 5 nitrogen and oxygen atoms in total. The van der Waals surface area contributed by atoms with Crippen LogP contribution in [-0.4, -0.2) is 54.7 Å². The minimum absolute atomic E-state index is 0.0821. The zero-order valence-electron chi connectivity index (χ0n) is 18.2. The highest BCUT2D eigenvalue weighted by Crippen LogP contribution is 2.21. The number of carbonyl (C=O) groups excluding carboxylic acids is 1. The average Bonchev–Trinajstić information content (AvgIpc) is 2.73. The van der Waals surface area contributed by atoms with Gasteiger partial charge in [-0.2, -0.15) is 0 Å². The molecule has 1 aliphatic rings. The smallest absolute Gasteiger partial charge is 0.221 e. The normalized spacial score (nSPS) is 16.2. The molecule has 0 aliphatic carbocycles. The fourth-order valence-electron chi connectivity index (χ4n) is 3.69. The SMILES string of the molecule is CC(=O)Nc1ccc(/C=C/[C@H](O)CN2CCN(c3ccc(C(C)C)cc3)CC2)cc1. The molecule has 30 heavy (non-hydrogen) atoms. The lowest BCUT2D eigenvalue weighted by molar-refractivity contribution is -0.114. The first-order valence-electron chi connectivity index (χ1n) is 10.7. The van der Waals surface area contributed by atoms with Gasteiger partial charge in [0.15, 0.2) is 0 Å². The average molecular weight is 408 g/mol. The first kappa shape index (κ1) is 22.1. The molecule has 2 N–H and O–H groups in total. The predicted molar refractivity (Wildman–Crippen MR) is 125 cm³/mol. The van der Waals surface area contributed by atoms with E-state index in [0.29, 0.717) is 12.5 Å². The fraction of sp³-hybridized carbons (Fsp3) is 0.400. The first-order valence-corrected chi connectivity index (χ1v) is 10.7. The van der Waals surface area contributed by atoms with Crippen LogP contribution in [0.25, 0.3) is 6.08 Å². The van der Waals surface area contributed by atoms with Crippen molar-refractivity contribution >= 4 is 23.4 Å². The molecule has 3 rings (SSSR count). The van der Waals surface area contributed by atoms with E-state index < -0.39 is 6.10 Å². The third kappa shape index (κ3) is 6.44. The molecule has 1 amide bonds. The minimum Gasteiger partial charge on any atom is -0.388 e. The summed E-state index contributed by atoms with van der Waals surface area (Å²) >= 11 is 0. The molecule has 0 unspecified atom stereocenters. The molecule has 0 saturated carbocycles. The van der Waals surface area contributed by atoms with Gasteiger partial charge in [0.2, 0.25) is 5.91 Å². The Hall–Kier alpha value is -2.63. The van der Waals surface area contributed by atoms with Gasteiger partial charge >= 0.3 is 0 Å². The molecule has 1 saturated heterocycles. The summed E-state index contributed by atoms with van der Waals surface area (Å²) in [6.07, 6.45) is 3.26. The highest BCUT2D eigenvalue weighted by molar-refractivity contribution is 5.88. The number of hydrogen-bond acceptors (Lipinski definition) is 4. The van der Waals surface area contributed by atoms with Crippen molar-refractivity contribution in [3.05, 3.63) is 65.7 Å². The molecular formula is C25H33N3O2. The first-order chi connectivity index (χ1) is 14.4. The van der Waals surface area contributed by atoms with Crippen molar-refractivity contribution in [2.45, 2.75) is 32.8 Å². The van der Waals surface area contributed by atoms with Crippen LogP contribution in [0.15, 0.2) is 54.6 Å². The number of piperazine rings is 1. The molecule has 2 aromatic carbocycles. The van der Waals surface area contributed by atoms with Gasteiger partial charge in [-0.25, -0.2) is 0 Å². The van der Waals surface area contributed by atoms with Gasteiger partial charge in [-0.1, -0.05) is 50.3 Å². The number of benzene rings is 2. The lowest BCUT2D eigenvalue weighted by Crippen LogP contribution is -2.48. The van der Waals surface area contributed by atoms with Crippen molar-refractivity contribution in [3.63, 3.8) is 0 Å². The highest BCUT2D eigenvalue weighted by atomic mass is 16.3. The fourth-order valence-corrected chi connectivity index (χ4v) is 3.69. The summed E-state index contributed by atoms with van der Waals surface area (Å²) in [6, 6.07) is 16.5. The van der Waals surface area contributed by atoms with Gasteiger partial charge in [0.25, 0.3) is 0 Å². The standard InChI is InChI=1S/C25H33N3O2/c1-19(2)22-7-11-24(12-8-22)28-16-14-27(15-17-28)18-25(30)13-6-21-4-9-23(10-5-21)26-20(3)29/h4-13,19,25,30H,14-18H2,1-3H3,(H,26,29)/b13-6+/t25-/m0/s1. The molecule has 5 heteroatoms. The molecule has 0 radical (unpaired) electrons. The number of amides is 1. The van der Waals surface area contributed by atoms with Crippen molar-refractivity contribution in [3.8, 4) is 0 Å². The maximum atomic E-state index is 11.1. The van der Waals surface area contributed by atoms with Crippen LogP contribution in [0.3, 0.4) is 0 Å². The predicted octanol–water partition coefficient (Wildman–Crippen LogP) is 3.96. The van der Waals surface area contributed by atoms with E-state index in [1.165, 1.54) is 18.2 Å². The Balaban J connectivity index is 1.45. The van der Waals surface area contributed by atoms with Crippen molar-refractivity contribution in [1.29, 1.82) is 0 Å². The summed E-state index contributed by atoms with van der Waals surface area (Å²) in [5.41, 5.74) is 4.42. The van der Waals surface area contributed by atoms with Crippen LogP contribution in [0.2, 0.25) is 0 Å². The van der Waals surface area contributed by atoms with E-state index in [-0.39, 0.29) is 5.91 Å². The third-order valence-corrected chi connectivity index (χ3v) is 5.48. The molecule has 0 aromatic heterocycles. The van der Waals surface area contributed by atoms with Crippen LogP contribution in [0.4, 0.5) is 11.4 Å². The van der Waals surface area contributed by atoms with Gasteiger partial charge in [0, 0.05) is 51.0 Å². The Labute approximate surface area is 180 Å². The van der Waals surface area contributed by atoms with Gasteiger partial charge in [-0.15, -0.1) is 0 Å². The molecule has 1 fully saturated rings. The number of aliphatic hydroxyl groups excluding tert-OH is 1. The molecule has 0 spiro atoms. The lowest BCUT2D eigenvalue weighted by atomic mass is 10.0. The Morgan fingerprint density at radius 1 is 1.03 bits per heavy atom. The minimum atomic E-state index is -0.503. The summed E-state index contributed by atoms with van der Waals surface area (Å²) < 4.78 is 0. The van der Waals surface area contributed by atoms with Crippen molar-refractivity contribution in [2.75, 3.05) is 42.9 Å². The summed E-state index contributed by atoms with van der Waals surface area (Å²) in [4.78, 5) is 15.8. The van der Waals surface area contributed by atoms with Gasteiger partial charge in [0.05, 0.1) is 6.10 Å². The van der Waals surface area contributed by atoms with Gasteiger partial charge < -0.3 is 15.3 Å². The number of rotatable bonds is 7. The number of anilines is 2. The van der Waals surface area contributed by atoms with E-state index in [1.54, 1.807) is 0 Å². The molecule has 1 aliphatic heterocycles. The maximum absolute atomic E-state index is 11.1. The summed E-state index contributed by atoms with van der Waals surface area (Å²) in [7, 11) is 0. The van der Waals surface area contributed by atoms with E-state index in [4.69, 9.17) is 0 Å². The van der Waals surface area contributed by atoms with Crippen LogP contribution in [0, 0.1) is 0 Å². The Kier molecular flexibility index (Phi) is 7.66. The number of nitrogens with one attached hydrogen (secondary N) is 1. The summed E-state index contributed by atoms with van der Waals surface area (Å²) in [6.45, 7) is 10.4. The van der Waals surface area contributed by atoms with Crippen LogP contribution in [0.1, 0.15) is 37.8 Å². The molecule has 2 aromatic rings. The van der Waals surface area contributed by atoms with Gasteiger partial charge in [-0.3, -0.25) is 9.69 Å². The summed E-state index contributed by atoms with van der Waals surface area (Å²) in [5.74, 6) is 0.474. The largest absolute Gasteiger partial charge is 0.388 e. The highest BCUT2D eigenvalue weighted by Gasteiger charge is 2.18. The second-order valence-electron chi connectivity index (χ2n) is 8.26. The second kappa shape index (κ2) is 10.4. The van der Waals surface area contributed by atoms with E-state index >= 15 is 0 Å². The third-order valence-electron chi connectivity index (χ3n) is 5.48. The molecule has 1 atom stereocenters. The van der Waals surface area contributed by atoms with E-state index in [2.05, 4.69) is 53.2 Å². The quantitative estimate of drug-likeness (QED) is 0.729. The zero-order valence-corrected chi connectivity index (χ0v) is 18.2. The molecule has 160 valence electrons. The van der Waals surface area contributed by atoms with Gasteiger partial charge in [0.1, 0.15) is 0 Å². The number of hydrogen-bond donors (Lipinski definition) is 2. The lowest BCUT2D eigenvalue weighted by Gasteiger charge is -2.36. The van der Waals surface area contributed by atoms with Crippen molar-refractivity contribution in [1.82, 2.24) is 4.90 Å². The number of nitrogens with zero attached hydrogens (tertiary/aromatic N) is 2. The molecule has 1 heterocycles. The molecule has 0 bridgehead atoms. The Bertz CT molecular complexity index is 836.